The highest BCUT2D eigenvalue weighted by Gasteiger charge is 2.71. The lowest BCUT2D eigenvalue weighted by Crippen LogP contribution is -2.65. The summed E-state index contributed by atoms with van der Waals surface area (Å²) in [7, 11) is 0. The second kappa shape index (κ2) is 28.5. The summed E-state index contributed by atoms with van der Waals surface area (Å²) in [6.07, 6.45) is -33.9. The molecule has 8 fully saturated rings. The summed E-state index contributed by atoms with van der Waals surface area (Å²) >= 11 is 0. The lowest BCUT2D eigenvalue weighted by molar-refractivity contribution is -0.380. The van der Waals surface area contributed by atoms with Gasteiger partial charge in [0.1, 0.15) is 116 Å². The number of hydrogen-bond acceptors (Lipinski definition) is 29. The molecule has 0 amide bonds. The van der Waals surface area contributed by atoms with Crippen molar-refractivity contribution in [3.8, 4) is 0 Å². The van der Waals surface area contributed by atoms with Gasteiger partial charge in [-0.3, -0.25) is 4.79 Å². The fourth-order valence-corrected chi connectivity index (χ4v) is 17.4. The minimum absolute atomic E-state index is 0.0155. The van der Waals surface area contributed by atoms with Crippen LogP contribution in [0.1, 0.15) is 114 Å². The Balaban J connectivity index is 0.904. The average Bonchev–Trinajstić information content (AvgIpc) is 1.66. The Labute approximate surface area is 529 Å². The van der Waals surface area contributed by atoms with Crippen molar-refractivity contribution in [2.45, 2.75) is 285 Å². The van der Waals surface area contributed by atoms with E-state index in [1.54, 1.807) is 0 Å². The number of fused-ring (bicyclic) bond motifs is 5. The van der Waals surface area contributed by atoms with Crippen LogP contribution in [0.25, 0.3) is 0 Å². The number of ether oxygens (including phenoxy) is 11. The molecule has 526 valence electrons. The van der Waals surface area contributed by atoms with Gasteiger partial charge in [0.25, 0.3) is 6.47 Å². The first-order valence-electron chi connectivity index (χ1n) is 32.3. The van der Waals surface area contributed by atoms with E-state index >= 15 is 0 Å². The van der Waals surface area contributed by atoms with E-state index in [4.69, 9.17) is 52.1 Å². The van der Waals surface area contributed by atoms with Crippen LogP contribution in [0.2, 0.25) is 0 Å². The van der Waals surface area contributed by atoms with Crippen molar-refractivity contribution in [2.75, 3.05) is 33.0 Å². The number of aliphatic hydroxyl groups excluding tert-OH is 16. The van der Waals surface area contributed by atoms with Gasteiger partial charge in [0.05, 0.1) is 56.9 Å². The van der Waals surface area contributed by atoms with E-state index in [-0.39, 0.29) is 35.5 Å². The summed E-state index contributed by atoms with van der Waals surface area (Å²) in [5.41, 5.74) is -2.55. The van der Waals surface area contributed by atoms with Crippen LogP contribution < -0.4 is 0 Å². The number of carbonyl (C=O) groups is 1. The summed E-state index contributed by atoms with van der Waals surface area (Å²) in [6, 6.07) is 0. The summed E-state index contributed by atoms with van der Waals surface area (Å²) in [5, 5.41) is 183. The molecule has 9 aliphatic rings. The normalized spacial score (nSPS) is 50.8. The first-order chi connectivity index (χ1) is 42.7. The predicted octanol–water partition coefficient (Wildman–Crippen LogP) is -3.95. The Hall–Kier alpha value is -1.87. The van der Waals surface area contributed by atoms with Gasteiger partial charge in [0.2, 0.25) is 0 Å². The number of rotatable bonds is 22. The van der Waals surface area contributed by atoms with Crippen molar-refractivity contribution >= 4 is 6.47 Å². The summed E-state index contributed by atoms with van der Waals surface area (Å²) in [6.45, 7) is 15.0. The second-order valence-corrected chi connectivity index (χ2v) is 29.3. The van der Waals surface area contributed by atoms with Gasteiger partial charge in [0, 0.05) is 16.7 Å². The van der Waals surface area contributed by atoms with Crippen LogP contribution in [-0.4, -0.2) is 298 Å². The molecule has 0 radical (unpaired) electrons. The van der Waals surface area contributed by atoms with Gasteiger partial charge in [-0.15, -0.1) is 0 Å². The molecule has 0 spiro atoms. The van der Waals surface area contributed by atoms with Gasteiger partial charge in [-0.1, -0.05) is 60.1 Å². The molecule has 0 aromatic carbocycles. The van der Waals surface area contributed by atoms with Crippen molar-refractivity contribution in [3.05, 3.63) is 11.6 Å². The number of aliphatic hydroxyl groups is 17. The Morgan fingerprint density at radius 3 is 1.60 bits per heavy atom. The smallest absolute Gasteiger partial charge is 0.293 e. The van der Waals surface area contributed by atoms with Crippen LogP contribution >= 0.6 is 0 Å². The fraction of sp³-hybridized carbons (Fsp3) is 0.952. The molecule has 3 unspecified atom stereocenters. The van der Waals surface area contributed by atoms with E-state index in [1.807, 2.05) is 13.8 Å². The highest BCUT2D eigenvalue weighted by atomic mass is 16.8. The first-order valence-corrected chi connectivity index (χ1v) is 32.3. The third-order valence-electron chi connectivity index (χ3n) is 23.4. The molecule has 5 heterocycles. The maximum Gasteiger partial charge on any atom is 0.293 e. The molecule has 4 aliphatic carbocycles. The van der Waals surface area contributed by atoms with Crippen LogP contribution in [-0.2, 0) is 56.9 Å². The highest BCUT2D eigenvalue weighted by Crippen LogP contribution is 2.75. The van der Waals surface area contributed by atoms with Crippen molar-refractivity contribution in [2.24, 2.45) is 51.2 Å². The molecule has 0 bridgehead atoms. The van der Waals surface area contributed by atoms with Crippen LogP contribution in [0.3, 0.4) is 0 Å². The lowest BCUT2D eigenvalue weighted by atomic mass is 9.38. The van der Waals surface area contributed by atoms with Gasteiger partial charge in [-0.25, -0.2) is 0 Å². The van der Waals surface area contributed by atoms with E-state index in [0.29, 0.717) is 38.6 Å². The van der Waals surface area contributed by atoms with Crippen molar-refractivity contribution in [1.82, 2.24) is 0 Å². The minimum Gasteiger partial charge on any atom is -0.464 e. The molecule has 29 nitrogen and oxygen atoms in total. The first kappa shape index (κ1) is 73.4. The Bertz CT molecular complexity index is 2410. The van der Waals surface area contributed by atoms with Crippen LogP contribution in [0.5, 0.6) is 0 Å². The van der Waals surface area contributed by atoms with E-state index < -0.39 is 227 Å². The van der Waals surface area contributed by atoms with Gasteiger partial charge in [0.15, 0.2) is 31.5 Å². The van der Waals surface area contributed by atoms with Gasteiger partial charge in [-0.2, -0.15) is 0 Å². The summed E-state index contributed by atoms with van der Waals surface area (Å²) in [4.78, 5) is 12.8. The molecule has 5 aliphatic heterocycles. The SMILES string of the molecule is C[C@@H]1[C@@H](O)[C@H](OC[C@H]2O[C@@H](O[C@H](CC[C@@H](C)C3CC[C@@]4(C)C5CC=C6C(CC[C@H](O[C@@H]7O[C@H](CO[C@@H]8O[C@H](CO)[C@@H](O)[C@H](O)[C@H]8O)[C@@H](O)[C@H](O)[C@H]7O)C6(C)C)[C@]5(C)[C@H](OC=O)C[C@]34C)C(C)(C)O)[C@H](O[C@H]3O[C@@H](CO)[C@H](O)[C@@H](O)[C@@H]3O)[C@@H](O)[C@@H]2O)O[C@H](CO)[C@H]1O. The largest absolute Gasteiger partial charge is 0.464 e. The number of carbonyl (C=O) groups excluding carboxylic acids is 1. The lowest BCUT2D eigenvalue weighted by Gasteiger charge is -2.67. The van der Waals surface area contributed by atoms with Crippen molar-refractivity contribution in [1.29, 1.82) is 0 Å². The zero-order chi connectivity index (χ0) is 66.9. The highest BCUT2D eigenvalue weighted by molar-refractivity contribution is 5.40. The molecule has 0 aromatic heterocycles. The zero-order valence-corrected chi connectivity index (χ0v) is 53.3. The van der Waals surface area contributed by atoms with Crippen molar-refractivity contribution < 1.29 is 144 Å². The fourth-order valence-electron chi connectivity index (χ4n) is 17.4. The zero-order valence-electron chi connectivity index (χ0n) is 53.3. The summed E-state index contributed by atoms with van der Waals surface area (Å²) < 4.78 is 66.2. The molecule has 29 heteroatoms. The standard InChI is InChI=1S/C62H104O29/c1-25(10-14-37(59(5,6)80)90-57-52(91-56-51(79)46(74)42(70)32(21-65)86-56)48(76)44(72)34(88-57)23-81-53-40(68)26(2)39(67)30(19-63)84-53)27-16-17-60(7)35-13-11-28-29(62(35,9)38(83-24-66)18-61(27,60)8)12-15-36(58(28,3)4)89-55-50(78)47(75)43(71)33(87-55)22-82-54-49(77)45(73)41(69)31(20-64)85-54/h11,24-27,29-57,63-65,67-80H,10,12-23H2,1-9H3/t25-,26+,27?,29?,30-,31-,32+,33-,34-,35?,36+,37-,38-,39+,40-,41-,42+,43-,44-,45+,46-,47+,48+,49-,50-,51+,52-,53-,54-,55+,56-,57+,60+,61-,62+/m1/s1. The predicted molar refractivity (Wildman–Crippen MR) is 308 cm³/mol. The number of hydrogen-bond donors (Lipinski definition) is 17. The van der Waals surface area contributed by atoms with E-state index in [2.05, 4.69) is 33.8 Å². The van der Waals surface area contributed by atoms with Crippen molar-refractivity contribution in [3.63, 3.8) is 0 Å². The molecule has 0 aromatic rings. The molecular formula is C62H104O29. The van der Waals surface area contributed by atoms with E-state index in [9.17, 15) is 91.6 Å². The third kappa shape index (κ3) is 13.5. The second-order valence-electron chi connectivity index (χ2n) is 29.3. The average molecular weight is 1310 g/mol. The third-order valence-corrected chi connectivity index (χ3v) is 23.4. The van der Waals surface area contributed by atoms with Gasteiger partial charge < -0.3 is 139 Å². The van der Waals surface area contributed by atoms with Gasteiger partial charge >= 0.3 is 0 Å². The minimum atomic E-state index is -1.94. The molecule has 3 saturated carbocycles. The molecule has 5 saturated heterocycles. The number of allylic oxidation sites excluding steroid dienone is 1. The molecule has 35 atom stereocenters. The van der Waals surface area contributed by atoms with Crippen LogP contribution in [0.4, 0.5) is 0 Å². The molecule has 17 N–H and O–H groups in total. The Kier molecular flexibility index (Phi) is 23.0. The van der Waals surface area contributed by atoms with E-state index in [0.717, 1.165) is 18.4 Å². The Morgan fingerprint density at radius 2 is 1.05 bits per heavy atom. The maximum absolute atomic E-state index is 12.8. The van der Waals surface area contributed by atoms with E-state index in [1.165, 1.54) is 20.8 Å². The quantitative estimate of drug-likeness (QED) is 0.0363. The maximum atomic E-state index is 12.8. The summed E-state index contributed by atoms with van der Waals surface area (Å²) in [5.74, 6) is -0.891. The topological polar surface area (TPSA) is 463 Å². The molecular weight excluding hydrogens is 1210 g/mol. The van der Waals surface area contributed by atoms with Gasteiger partial charge in [-0.05, 0) is 99.7 Å². The van der Waals surface area contributed by atoms with Crippen LogP contribution in [0, 0.1) is 51.2 Å². The monoisotopic (exact) mass is 1310 g/mol. The molecule has 91 heavy (non-hydrogen) atoms. The Morgan fingerprint density at radius 1 is 0.571 bits per heavy atom. The van der Waals surface area contributed by atoms with Crippen LogP contribution in [0.15, 0.2) is 11.6 Å². The molecule has 9 rings (SSSR count).